The number of carbonyl (C=O) groups excluding carboxylic acids is 1. The van der Waals surface area contributed by atoms with Gasteiger partial charge in [-0.2, -0.15) is 0 Å². The van der Waals surface area contributed by atoms with Crippen molar-refractivity contribution in [2.24, 2.45) is 0 Å². The molecule has 2 aromatic heterocycles. The average Bonchev–Trinajstić information content (AvgIpc) is 3.17. The number of hydrogen-bond donors (Lipinski definition) is 1. The molecular weight excluding hydrogens is 308 g/mol. The van der Waals surface area contributed by atoms with Crippen LogP contribution in [0, 0.1) is 0 Å². The van der Waals surface area contributed by atoms with Crippen molar-refractivity contribution in [3.63, 3.8) is 0 Å². The van der Waals surface area contributed by atoms with Gasteiger partial charge in [0.15, 0.2) is 0 Å². The number of carboxylic acids is 1. The Morgan fingerprint density at radius 2 is 2.24 bits per heavy atom. The standard InChI is InChI=1S/C14H14N2O3S2/c17-13(16-6-2-1-4-9(16)14(18)19)11-8-15-12(21-11)10-5-3-7-20-10/h3,5,7-9H,1-2,4,6H2,(H,18,19). The van der Waals surface area contributed by atoms with E-state index in [1.165, 1.54) is 16.2 Å². The van der Waals surface area contributed by atoms with Crippen LogP contribution >= 0.6 is 22.7 Å². The van der Waals surface area contributed by atoms with E-state index in [-0.39, 0.29) is 5.91 Å². The van der Waals surface area contributed by atoms with Crippen LogP contribution in [0.25, 0.3) is 9.88 Å². The highest BCUT2D eigenvalue weighted by atomic mass is 32.1. The zero-order valence-electron chi connectivity index (χ0n) is 11.2. The largest absolute Gasteiger partial charge is 0.480 e. The molecule has 0 bridgehead atoms. The van der Waals surface area contributed by atoms with Crippen molar-refractivity contribution in [1.82, 2.24) is 9.88 Å². The van der Waals surface area contributed by atoms with E-state index in [0.717, 1.165) is 22.7 Å². The Hall–Kier alpha value is -1.73. The van der Waals surface area contributed by atoms with Crippen LogP contribution < -0.4 is 0 Å². The lowest BCUT2D eigenvalue weighted by molar-refractivity contribution is -0.143. The van der Waals surface area contributed by atoms with Crippen LogP contribution in [0.2, 0.25) is 0 Å². The van der Waals surface area contributed by atoms with Gasteiger partial charge in [-0.1, -0.05) is 6.07 Å². The number of nitrogens with zero attached hydrogens (tertiary/aromatic N) is 2. The normalized spacial score (nSPS) is 18.7. The highest BCUT2D eigenvalue weighted by molar-refractivity contribution is 7.21. The number of aromatic nitrogens is 1. The molecular formula is C14H14N2O3S2. The second-order valence-electron chi connectivity index (χ2n) is 4.86. The molecule has 3 heterocycles. The molecule has 110 valence electrons. The van der Waals surface area contributed by atoms with Gasteiger partial charge in [0, 0.05) is 6.54 Å². The highest BCUT2D eigenvalue weighted by Gasteiger charge is 2.33. The summed E-state index contributed by atoms with van der Waals surface area (Å²) in [5, 5.41) is 12.0. The van der Waals surface area contributed by atoms with Crippen LogP contribution in [0.4, 0.5) is 0 Å². The van der Waals surface area contributed by atoms with Gasteiger partial charge in [-0.3, -0.25) is 4.79 Å². The van der Waals surface area contributed by atoms with Crippen LogP contribution in [0.3, 0.4) is 0 Å². The third-order valence-corrected chi connectivity index (χ3v) is 5.52. The monoisotopic (exact) mass is 322 g/mol. The summed E-state index contributed by atoms with van der Waals surface area (Å²) in [4.78, 5) is 31.1. The van der Waals surface area contributed by atoms with Crippen LogP contribution in [0.15, 0.2) is 23.7 Å². The van der Waals surface area contributed by atoms with E-state index in [0.29, 0.717) is 17.8 Å². The third kappa shape index (κ3) is 2.84. The summed E-state index contributed by atoms with van der Waals surface area (Å²) in [5.74, 6) is -1.14. The van der Waals surface area contributed by atoms with Gasteiger partial charge in [0.05, 0.1) is 11.1 Å². The maximum atomic E-state index is 12.5. The van der Waals surface area contributed by atoms with Crippen LogP contribution in [0.1, 0.15) is 28.9 Å². The number of hydrogen-bond acceptors (Lipinski definition) is 5. The van der Waals surface area contributed by atoms with Crippen LogP contribution in [0.5, 0.6) is 0 Å². The van der Waals surface area contributed by atoms with Gasteiger partial charge in [-0.15, -0.1) is 22.7 Å². The van der Waals surface area contributed by atoms with Gasteiger partial charge in [0.25, 0.3) is 5.91 Å². The maximum absolute atomic E-state index is 12.5. The van der Waals surface area contributed by atoms with Gasteiger partial charge < -0.3 is 10.0 Å². The van der Waals surface area contributed by atoms with E-state index in [1.54, 1.807) is 17.5 Å². The number of amides is 1. The molecule has 1 aliphatic rings. The van der Waals surface area contributed by atoms with Gasteiger partial charge in [0.2, 0.25) is 0 Å². The SMILES string of the molecule is O=C(O)C1CCCCN1C(=O)c1cnc(-c2cccs2)s1. The number of thiazole rings is 1. The molecule has 1 fully saturated rings. The van der Waals surface area contributed by atoms with Crippen molar-refractivity contribution in [2.45, 2.75) is 25.3 Å². The molecule has 1 N–H and O–H groups in total. The molecule has 1 unspecified atom stereocenters. The molecule has 0 radical (unpaired) electrons. The van der Waals surface area contributed by atoms with E-state index in [9.17, 15) is 14.7 Å². The highest BCUT2D eigenvalue weighted by Crippen LogP contribution is 2.30. The average molecular weight is 322 g/mol. The summed E-state index contributed by atoms with van der Waals surface area (Å²) < 4.78 is 0. The fourth-order valence-electron chi connectivity index (χ4n) is 2.46. The quantitative estimate of drug-likeness (QED) is 0.943. The molecule has 5 nitrogen and oxygen atoms in total. The molecule has 0 saturated carbocycles. The number of rotatable bonds is 3. The number of thiophene rings is 1. The number of carboxylic acid groups (broad SMARTS) is 1. The molecule has 1 saturated heterocycles. The third-order valence-electron chi connectivity index (χ3n) is 3.50. The van der Waals surface area contributed by atoms with E-state index in [4.69, 9.17) is 0 Å². The molecule has 7 heteroatoms. The Labute approximate surface area is 129 Å². The Kier molecular flexibility index (Phi) is 4.03. The maximum Gasteiger partial charge on any atom is 0.326 e. The van der Waals surface area contributed by atoms with Crippen molar-refractivity contribution >= 4 is 34.6 Å². The number of likely N-dealkylation sites (tertiary alicyclic amines) is 1. The van der Waals surface area contributed by atoms with Crippen LogP contribution in [-0.4, -0.2) is 39.5 Å². The van der Waals surface area contributed by atoms with Crippen LogP contribution in [-0.2, 0) is 4.79 Å². The zero-order chi connectivity index (χ0) is 14.8. The molecule has 0 aromatic carbocycles. The molecule has 0 spiro atoms. The molecule has 1 aliphatic heterocycles. The first kappa shape index (κ1) is 14.2. The van der Waals surface area contributed by atoms with E-state index in [1.807, 2.05) is 17.5 Å². The Balaban J connectivity index is 1.83. The fourth-order valence-corrected chi connectivity index (χ4v) is 4.14. The van der Waals surface area contributed by atoms with E-state index in [2.05, 4.69) is 4.98 Å². The Morgan fingerprint density at radius 3 is 2.95 bits per heavy atom. The second-order valence-corrected chi connectivity index (χ2v) is 6.83. The predicted molar refractivity (Wildman–Crippen MR) is 81.7 cm³/mol. The molecule has 1 atom stereocenters. The first-order chi connectivity index (χ1) is 10.2. The van der Waals surface area contributed by atoms with Crippen molar-refractivity contribution in [2.75, 3.05) is 6.54 Å². The smallest absolute Gasteiger partial charge is 0.326 e. The van der Waals surface area contributed by atoms with E-state index >= 15 is 0 Å². The first-order valence-electron chi connectivity index (χ1n) is 6.70. The summed E-state index contributed by atoms with van der Waals surface area (Å²) in [6.07, 6.45) is 3.78. The number of aliphatic carboxylic acids is 1. The van der Waals surface area contributed by atoms with E-state index < -0.39 is 12.0 Å². The number of piperidine rings is 1. The van der Waals surface area contributed by atoms with Crippen molar-refractivity contribution < 1.29 is 14.7 Å². The van der Waals surface area contributed by atoms with Gasteiger partial charge in [-0.25, -0.2) is 9.78 Å². The minimum absolute atomic E-state index is 0.220. The molecule has 3 rings (SSSR count). The summed E-state index contributed by atoms with van der Waals surface area (Å²) in [6, 6.07) is 3.19. The summed E-state index contributed by atoms with van der Waals surface area (Å²) in [6.45, 7) is 0.502. The van der Waals surface area contributed by atoms with Gasteiger partial charge in [-0.05, 0) is 30.7 Å². The Bertz CT molecular complexity index is 651. The first-order valence-corrected chi connectivity index (χ1v) is 8.40. The van der Waals surface area contributed by atoms with Crippen molar-refractivity contribution in [3.8, 4) is 9.88 Å². The Morgan fingerprint density at radius 1 is 1.38 bits per heavy atom. The zero-order valence-corrected chi connectivity index (χ0v) is 12.8. The van der Waals surface area contributed by atoms with Gasteiger partial charge in [0.1, 0.15) is 15.9 Å². The second kappa shape index (κ2) is 5.95. The molecule has 2 aromatic rings. The van der Waals surface area contributed by atoms with Crippen molar-refractivity contribution in [3.05, 3.63) is 28.6 Å². The number of carbonyl (C=O) groups is 2. The molecule has 0 aliphatic carbocycles. The lowest BCUT2D eigenvalue weighted by Gasteiger charge is -2.32. The summed E-state index contributed by atoms with van der Waals surface area (Å²) in [7, 11) is 0. The minimum atomic E-state index is -0.925. The minimum Gasteiger partial charge on any atom is -0.480 e. The lowest BCUT2D eigenvalue weighted by atomic mass is 10.0. The fraction of sp³-hybridized carbons (Fsp3) is 0.357. The predicted octanol–water partition coefficient (Wildman–Crippen LogP) is 2.95. The molecule has 1 amide bonds. The summed E-state index contributed by atoms with van der Waals surface area (Å²) in [5.41, 5.74) is 0. The summed E-state index contributed by atoms with van der Waals surface area (Å²) >= 11 is 2.89. The lowest BCUT2D eigenvalue weighted by Crippen LogP contribution is -2.47. The molecule has 21 heavy (non-hydrogen) atoms. The van der Waals surface area contributed by atoms with Crippen molar-refractivity contribution in [1.29, 1.82) is 0 Å². The topological polar surface area (TPSA) is 70.5 Å². The van der Waals surface area contributed by atoms with Gasteiger partial charge >= 0.3 is 5.97 Å².